The van der Waals surface area contributed by atoms with E-state index in [1.807, 2.05) is 64.8 Å². The summed E-state index contributed by atoms with van der Waals surface area (Å²) in [7, 11) is 1.88. The summed E-state index contributed by atoms with van der Waals surface area (Å²) in [4.78, 5) is 42.6. The smallest absolute Gasteiger partial charge is 0.354 e. The zero-order valence-corrected chi connectivity index (χ0v) is 27.6. The molecule has 2 aliphatic rings. The average molecular weight is 635 g/mol. The lowest BCUT2D eigenvalue weighted by atomic mass is 9.92. The van der Waals surface area contributed by atoms with Crippen molar-refractivity contribution in [1.82, 2.24) is 29.6 Å². The molecule has 11 heteroatoms. The van der Waals surface area contributed by atoms with Crippen molar-refractivity contribution in [2.24, 2.45) is 0 Å². The molecule has 3 aromatic heterocycles. The minimum atomic E-state index is -0.467. The third kappa shape index (κ3) is 4.70. The van der Waals surface area contributed by atoms with Crippen LogP contribution in [0.3, 0.4) is 0 Å². The van der Waals surface area contributed by atoms with Gasteiger partial charge in [-0.05, 0) is 74.1 Å². The molecule has 242 valence electrons. The van der Waals surface area contributed by atoms with Crippen molar-refractivity contribution < 1.29 is 9.18 Å². The Balaban J connectivity index is 1.63. The minimum absolute atomic E-state index is 0.00859. The van der Waals surface area contributed by atoms with Gasteiger partial charge in [-0.25, -0.2) is 9.18 Å². The molecular formula is C36H39FN8O2. The molecule has 2 aromatic carbocycles. The van der Waals surface area contributed by atoms with E-state index in [-0.39, 0.29) is 29.7 Å². The van der Waals surface area contributed by atoms with Gasteiger partial charge in [0.15, 0.2) is 5.82 Å². The number of piperazine rings is 1. The van der Waals surface area contributed by atoms with E-state index >= 15 is 4.39 Å². The number of carbonyl (C=O) groups is 1. The summed E-state index contributed by atoms with van der Waals surface area (Å²) in [5.74, 6) is -0.0752. The second-order valence-corrected chi connectivity index (χ2v) is 13.2. The molecule has 2 unspecified atom stereocenters. The first kappa shape index (κ1) is 30.6. The van der Waals surface area contributed by atoms with E-state index in [1.54, 1.807) is 27.9 Å². The molecule has 0 spiro atoms. The lowest BCUT2D eigenvalue weighted by molar-refractivity contribution is -0.127. The molecule has 1 saturated heterocycles. The number of nitrogens with one attached hydrogen (secondary N) is 1. The summed E-state index contributed by atoms with van der Waals surface area (Å²) < 4.78 is 19.1. The zero-order chi connectivity index (χ0) is 33.3. The van der Waals surface area contributed by atoms with Crippen LogP contribution in [0.15, 0.2) is 54.1 Å². The predicted octanol–water partition coefficient (Wildman–Crippen LogP) is 5.63. The van der Waals surface area contributed by atoms with Gasteiger partial charge in [0.2, 0.25) is 5.91 Å². The molecule has 1 amide bonds. The van der Waals surface area contributed by atoms with Crippen molar-refractivity contribution in [3.05, 3.63) is 82.4 Å². The number of benzene rings is 2. The van der Waals surface area contributed by atoms with E-state index in [0.717, 1.165) is 33.3 Å². The van der Waals surface area contributed by atoms with Crippen LogP contribution in [0.4, 0.5) is 15.9 Å². The third-order valence-electron chi connectivity index (χ3n) is 9.80. The van der Waals surface area contributed by atoms with Crippen molar-refractivity contribution in [3.63, 3.8) is 0 Å². The Morgan fingerprint density at radius 2 is 1.94 bits per heavy atom. The van der Waals surface area contributed by atoms with E-state index in [2.05, 4.69) is 21.7 Å². The largest absolute Gasteiger partial charge is 0.371 e. The van der Waals surface area contributed by atoms with Gasteiger partial charge < -0.3 is 14.7 Å². The van der Waals surface area contributed by atoms with Gasteiger partial charge in [0.25, 0.3) is 0 Å². The Kier molecular flexibility index (Phi) is 7.37. The normalized spacial score (nSPS) is 18.1. The Labute approximate surface area is 272 Å². The summed E-state index contributed by atoms with van der Waals surface area (Å²) in [6, 6.07) is 7.26. The van der Waals surface area contributed by atoms with E-state index in [9.17, 15) is 9.59 Å². The fourth-order valence-corrected chi connectivity index (χ4v) is 7.60. The van der Waals surface area contributed by atoms with Gasteiger partial charge in [-0.15, -0.1) is 0 Å². The maximum atomic E-state index is 17.5. The average Bonchev–Trinajstić information content (AvgIpc) is 3.51. The summed E-state index contributed by atoms with van der Waals surface area (Å²) in [6.45, 7) is 15.1. The van der Waals surface area contributed by atoms with Crippen LogP contribution < -0.4 is 15.5 Å². The van der Waals surface area contributed by atoms with Gasteiger partial charge in [-0.3, -0.25) is 19.4 Å². The quantitative estimate of drug-likeness (QED) is 0.256. The van der Waals surface area contributed by atoms with Gasteiger partial charge in [0, 0.05) is 49.9 Å². The summed E-state index contributed by atoms with van der Waals surface area (Å²) in [5.41, 5.74) is 5.53. The van der Waals surface area contributed by atoms with E-state index in [0.29, 0.717) is 59.7 Å². The molecule has 1 fully saturated rings. The number of hydrogen-bond acceptors (Lipinski definition) is 7. The first-order valence-electron chi connectivity index (χ1n) is 16.1. The highest BCUT2D eigenvalue weighted by molar-refractivity contribution is 6.07. The molecule has 0 bridgehead atoms. The van der Waals surface area contributed by atoms with Crippen molar-refractivity contribution in [2.75, 3.05) is 36.5 Å². The highest BCUT2D eigenvalue weighted by Crippen LogP contribution is 2.45. The van der Waals surface area contributed by atoms with Gasteiger partial charge >= 0.3 is 5.69 Å². The lowest BCUT2D eigenvalue weighted by Gasteiger charge is -2.48. The Morgan fingerprint density at radius 3 is 2.68 bits per heavy atom. The fraction of sp³-hybridized carbons (Fsp3) is 0.361. The topological polar surface area (TPSA) is 103 Å². The SMILES string of the molecule is C=CC(=O)N1CC(C)N2c3nc(=O)n(-c4c(C)ccnc4C(C)C)c4cc(-c5c(C)ccc6[nH]ncc56)c(F)c(c34)N(C)CCC2C1. The second-order valence-electron chi connectivity index (χ2n) is 13.2. The number of carbonyl (C=O) groups excluding carboxylic acids is 1. The van der Waals surface area contributed by atoms with Crippen molar-refractivity contribution >= 4 is 39.2 Å². The molecule has 10 nitrogen and oxygen atoms in total. The lowest BCUT2D eigenvalue weighted by Crippen LogP contribution is -2.60. The molecule has 2 atom stereocenters. The second kappa shape index (κ2) is 11.3. The molecule has 5 aromatic rings. The Bertz CT molecular complexity index is 2150. The molecule has 2 aliphatic heterocycles. The van der Waals surface area contributed by atoms with Crippen LogP contribution in [0, 0.1) is 19.7 Å². The molecule has 47 heavy (non-hydrogen) atoms. The highest BCUT2D eigenvalue weighted by Gasteiger charge is 2.39. The standard InChI is InChI=1S/C36H39FN8O2/c1-8-28(46)43-17-22(6)44-23(18-43)12-14-42(7)34-30-27(15-24(31(34)37)29-20(4)9-10-26-25(29)16-39-41-26)45(36(47)40-35(30)44)33-21(5)11-13-38-32(33)19(2)3/h8-11,13,15-16,19,22-23H,1,12,14,17-18H2,2-7H3,(H,39,41). The number of aryl methyl sites for hydroxylation is 2. The molecule has 0 radical (unpaired) electrons. The molecular weight excluding hydrogens is 595 g/mol. The number of nitrogens with zero attached hydrogens (tertiary/aromatic N) is 7. The number of rotatable bonds is 4. The van der Waals surface area contributed by atoms with Crippen LogP contribution in [0.1, 0.15) is 49.9 Å². The van der Waals surface area contributed by atoms with Gasteiger partial charge in [-0.2, -0.15) is 10.1 Å². The van der Waals surface area contributed by atoms with Gasteiger partial charge in [0.05, 0.1) is 45.7 Å². The monoisotopic (exact) mass is 634 g/mol. The maximum absolute atomic E-state index is 17.5. The number of aromatic nitrogens is 5. The van der Waals surface area contributed by atoms with Crippen molar-refractivity contribution in [3.8, 4) is 16.8 Å². The van der Waals surface area contributed by atoms with Crippen LogP contribution in [0.5, 0.6) is 0 Å². The molecule has 0 saturated carbocycles. The highest BCUT2D eigenvalue weighted by atomic mass is 19.1. The number of hydrogen-bond donors (Lipinski definition) is 1. The number of aromatic amines is 1. The molecule has 5 heterocycles. The van der Waals surface area contributed by atoms with Crippen LogP contribution in [-0.4, -0.2) is 74.3 Å². The van der Waals surface area contributed by atoms with E-state index in [1.165, 1.54) is 6.08 Å². The van der Waals surface area contributed by atoms with Crippen molar-refractivity contribution in [2.45, 2.75) is 59.0 Å². The number of anilines is 2. The number of fused-ring (bicyclic) bond motifs is 3. The molecule has 0 aliphatic carbocycles. The number of H-pyrrole nitrogens is 1. The minimum Gasteiger partial charge on any atom is -0.371 e. The summed E-state index contributed by atoms with van der Waals surface area (Å²) >= 11 is 0. The number of pyridine rings is 1. The third-order valence-corrected chi connectivity index (χ3v) is 9.80. The Morgan fingerprint density at radius 1 is 1.15 bits per heavy atom. The van der Waals surface area contributed by atoms with Crippen LogP contribution in [0.25, 0.3) is 38.6 Å². The zero-order valence-electron chi connectivity index (χ0n) is 27.6. The number of amides is 1. The first-order chi connectivity index (χ1) is 22.5. The number of halogens is 1. The summed E-state index contributed by atoms with van der Waals surface area (Å²) in [6.07, 6.45) is 5.45. The van der Waals surface area contributed by atoms with Crippen molar-refractivity contribution in [1.29, 1.82) is 0 Å². The van der Waals surface area contributed by atoms with Gasteiger partial charge in [0.1, 0.15) is 5.82 Å². The van der Waals surface area contributed by atoms with Crippen LogP contribution in [0.2, 0.25) is 0 Å². The van der Waals surface area contributed by atoms with Crippen LogP contribution in [-0.2, 0) is 4.79 Å². The predicted molar refractivity (Wildman–Crippen MR) is 184 cm³/mol. The van der Waals surface area contributed by atoms with E-state index < -0.39 is 5.69 Å². The maximum Gasteiger partial charge on any atom is 0.354 e. The fourth-order valence-electron chi connectivity index (χ4n) is 7.60. The van der Waals surface area contributed by atoms with E-state index in [4.69, 9.17) is 9.97 Å². The first-order valence-corrected chi connectivity index (χ1v) is 16.1. The van der Waals surface area contributed by atoms with Crippen LogP contribution >= 0.6 is 0 Å². The van der Waals surface area contributed by atoms with Gasteiger partial charge in [-0.1, -0.05) is 26.5 Å². The summed E-state index contributed by atoms with van der Waals surface area (Å²) in [5, 5.41) is 8.63. The molecule has 7 rings (SSSR count). The molecule has 1 N–H and O–H groups in total. The Hall–Kier alpha value is -5.06.